The molecular formula is C23H16N4O4. The minimum absolute atomic E-state index is 0.175. The van der Waals surface area contributed by atoms with Crippen LogP contribution in [0.4, 0.5) is 0 Å². The minimum atomic E-state index is -0.582. The van der Waals surface area contributed by atoms with Gasteiger partial charge in [-0.15, -0.1) is 0 Å². The molecule has 0 unspecified atom stereocenters. The van der Waals surface area contributed by atoms with Gasteiger partial charge >= 0.3 is 5.63 Å². The highest BCUT2D eigenvalue weighted by Gasteiger charge is 2.19. The summed E-state index contributed by atoms with van der Waals surface area (Å²) in [5.74, 6) is -0.378. The molecule has 0 radical (unpaired) electrons. The topological polar surface area (TPSA) is 99.5 Å². The van der Waals surface area contributed by atoms with Crippen molar-refractivity contribution in [3.05, 3.63) is 98.8 Å². The molecule has 0 spiro atoms. The lowest BCUT2D eigenvalue weighted by Crippen LogP contribution is -2.28. The SMILES string of the molecule is CC(=O)n1nc(Cc2ccccc2)c(=O)n2nc(-c3cc4ccccc4oc3=O)cc12. The van der Waals surface area contributed by atoms with Crippen LogP contribution in [0.25, 0.3) is 27.9 Å². The van der Waals surface area contributed by atoms with E-state index in [4.69, 9.17) is 4.42 Å². The number of aromatic nitrogens is 4. The Kier molecular flexibility index (Phi) is 4.32. The minimum Gasteiger partial charge on any atom is -0.422 e. The van der Waals surface area contributed by atoms with Crippen molar-refractivity contribution in [2.75, 3.05) is 0 Å². The fourth-order valence-corrected chi connectivity index (χ4v) is 3.51. The van der Waals surface area contributed by atoms with Crippen LogP contribution in [0.5, 0.6) is 0 Å². The average molecular weight is 412 g/mol. The summed E-state index contributed by atoms with van der Waals surface area (Å²) in [5.41, 5.74) is 1.08. The lowest BCUT2D eigenvalue weighted by molar-refractivity contribution is 0.0922. The van der Waals surface area contributed by atoms with Crippen molar-refractivity contribution in [1.82, 2.24) is 19.4 Å². The van der Waals surface area contributed by atoms with Crippen molar-refractivity contribution >= 4 is 22.5 Å². The Morgan fingerprint density at radius 2 is 1.71 bits per heavy atom. The second kappa shape index (κ2) is 7.17. The van der Waals surface area contributed by atoms with Crippen molar-refractivity contribution in [2.45, 2.75) is 13.3 Å². The first-order valence-corrected chi connectivity index (χ1v) is 9.61. The zero-order valence-electron chi connectivity index (χ0n) is 16.5. The van der Waals surface area contributed by atoms with Gasteiger partial charge in [0.25, 0.3) is 5.56 Å². The molecule has 8 heteroatoms. The van der Waals surface area contributed by atoms with Gasteiger partial charge in [0.15, 0.2) is 5.65 Å². The molecule has 5 aromatic rings. The summed E-state index contributed by atoms with van der Waals surface area (Å²) in [7, 11) is 0. The highest BCUT2D eigenvalue weighted by Crippen LogP contribution is 2.21. The molecule has 5 rings (SSSR count). The number of carbonyl (C=O) groups excluding carboxylic acids is 1. The van der Waals surface area contributed by atoms with Gasteiger partial charge in [0, 0.05) is 24.8 Å². The Hall–Kier alpha value is -4.33. The van der Waals surface area contributed by atoms with Gasteiger partial charge in [-0.1, -0.05) is 48.5 Å². The first kappa shape index (κ1) is 18.7. The van der Waals surface area contributed by atoms with Crippen LogP contribution >= 0.6 is 0 Å². The monoisotopic (exact) mass is 412 g/mol. The van der Waals surface area contributed by atoms with E-state index in [-0.39, 0.29) is 34.9 Å². The quantitative estimate of drug-likeness (QED) is 0.423. The number of carbonyl (C=O) groups is 1. The zero-order valence-corrected chi connectivity index (χ0v) is 16.5. The van der Waals surface area contributed by atoms with Crippen LogP contribution in [-0.4, -0.2) is 25.3 Å². The third-order valence-electron chi connectivity index (χ3n) is 5.00. The number of rotatable bonds is 3. The molecular weight excluding hydrogens is 396 g/mol. The molecule has 0 amide bonds. The Balaban J connectivity index is 1.72. The normalized spacial score (nSPS) is 11.3. The summed E-state index contributed by atoms with van der Waals surface area (Å²) in [6.07, 6.45) is 0.246. The number of hydrogen-bond donors (Lipinski definition) is 0. The Morgan fingerprint density at radius 3 is 2.48 bits per heavy atom. The Labute approximate surface area is 175 Å². The van der Waals surface area contributed by atoms with Gasteiger partial charge in [-0.05, 0) is 17.7 Å². The molecule has 0 aliphatic heterocycles. The second-order valence-corrected chi connectivity index (χ2v) is 7.13. The molecule has 31 heavy (non-hydrogen) atoms. The maximum Gasteiger partial charge on any atom is 0.345 e. The number of benzene rings is 2. The van der Waals surface area contributed by atoms with E-state index in [1.54, 1.807) is 18.2 Å². The largest absolute Gasteiger partial charge is 0.422 e. The molecule has 3 heterocycles. The van der Waals surface area contributed by atoms with E-state index in [0.717, 1.165) is 20.1 Å². The summed E-state index contributed by atoms with van der Waals surface area (Å²) < 4.78 is 7.61. The van der Waals surface area contributed by atoms with Crippen molar-refractivity contribution in [1.29, 1.82) is 0 Å². The van der Waals surface area contributed by atoms with Crippen molar-refractivity contribution in [3.63, 3.8) is 0 Å². The van der Waals surface area contributed by atoms with Gasteiger partial charge in [-0.2, -0.15) is 19.4 Å². The predicted octanol–water partition coefficient (Wildman–Crippen LogP) is 2.92. The van der Waals surface area contributed by atoms with Crippen LogP contribution in [-0.2, 0) is 6.42 Å². The number of para-hydroxylation sites is 1. The van der Waals surface area contributed by atoms with Gasteiger partial charge in [-0.3, -0.25) is 9.59 Å². The van der Waals surface area contributed by atoms with Crippen LogP contribution in [0.15, 0.2) is 80.7 Å². The van der Waals surface area contributed by atoms with E-state index >= 15 is 0 Å². The summed E-state index contributed by atoms with van der Waals surface area (Å²) in [6.45, 7) is 1.35. The van der Waals surface area contributed by atoms with Gasteiger partial charge in [0.1, 0.15) is 17.0 Å². The highest BCUT2D eigenvalue weighted by molar-refractivity contribution is 5.83. The Bertz CT molecular complexity index is 1580. The predicted molar refractivity (Wildman–Crippen MR) is 114 cm³/mol. The maximum absolute atomic E-state index is 13.1. The molecule has 8 nitrogen and oxygen atoms in total. The molecule has 0 aliphatic rings. The van der Waals surface area contributed by atoms with Crippen LogP contribution < -0.4 is 11.2 Å². The lowest BCUT2D eigenvalue weighted by atomic mass is 10.1. The smallest absolute Gasteiger partial charge is 0.345 e. The molecule has 0 fully saturated rings. The van der Waals surface area contributed by atoms with Gasteiger partial charge in [0.05, 0.1) is 5.56 Å². The maximum atomic E-state index is 13.1. The van der Waals surface area contributed by atoms with Crippen molar-refractivity contribution in [3.8, 4) is 11.3 Å². The lowest BCUT2D eigenvalue weighted by Gasteiger charge is -2.06. The van der Waals surface area contributed by atoms with Crippen molar-refractivity contribution < 1.29 is 9.21 Å². The second-order valence-electron chi connectivity index (χ2n) is 7.13. The number of hydrogen-bond acceptors (Lipinski definition) is 6. The zero-order chi connectivity index (χ0) is 21.5. The molecule has 0 N–H and O–H groups in total. The third-order valence-corrected chi connectivity index (χ3v) is 5.00. The summed E-state index contributed by atoms with van der Waals surface area (Å²) in [6, 6.07) is 19.6. The van der Waals surface area contributed by atoms with Crippen LogP contribution in [0, 0.1) is 0 Å². The molecule has 0 saturated heterocycles. The fourth-order valence-electron chi connectivity index (χ4n) is 3.51. The summed E-state index contributed by atoms with van der Waals surface area (Å²) >= 11 is 0. The molecule has 0 bridgehead atoms. The molecule has 152 valence electrons. The van der Waals surface area contributed by atoms with Crippen LogP contribution in [0.2, 0.25) is 0 Å². The fraction of sp³-hybridized carbons (Fsp3) is 0.0870. The molecule has 0 saturated carbocycles. The van der Waals surface area contributed by atoms with Crippen LogP contribution in [0.1, 0.15) is 23.0 Å². The summed E-state index contributed by atoms with van der Waals surface area (Å²) in [4.78, 5) is 37.8. The molecule has 2 aromatic carbocycles. The first-order valence-electron chi connectivity index (χ1n) is 9.61. The van der Waals surface area contributed by atoms with E-state index in [9.17, 15) is 14.4 Å². The van der Waals surface area contributed by atoms with E-state index in [2.05, 4.69) is 10.2 Å². The number of nitrogens with zero attached hydrogens (tertiary/aromatic N) is 4. The van der Waals surface area contributed by atoms with Crippen molar-refractivity contribution in [2.24, 2.45) is 0 Å². The van der Waals surface area contributed by atoms with E-state index in [0.29, 0.717) is 5.58 Å². The van der Waals surface area contributed by atoms with E-state index in [1.165, 1.54) is 13.0 Å². The first-order chi connectivity index (χ1) is 15.0. The molecule has 0 aliphatic carbocycles. The number of fused-ring (bicyclic) bond motifs is 2. The van der Waals surface area contributed by atoms with E-state index < -0.39 is 11.2 Å². The van der Waals surface area contributed by atoms with E-state index in [1.807, 2.05) is 42.5 Å². The molecule has 0 atom stereocenters. The standard InChI is InChI=1S/C23H16N4O4/c1-14(28)26-21-13-18(17-12-16-9-5-6-10-20(16)31-23(17)30)24-27(21)22(29)19(25-26)11-15-7-3-2-4-8-15/h2-10,12-13H,11H2,1H3. The molecule has 3 aromatic heterocycles. The van der Waals surface area contributed by atoms with Gasteiger partial charge in [0.2, 0.25) is 5.91 Å². The summed E-state index contributed by atoms with van der Waals surface area (Å²) in [5, 5.41) is 9.31. The Morgan fingerprint density at radius 1 is 0.968 bits per heavy atom. The van der Waals surface area contributed by atoms with Gasteiger partial charge in [-0.25, -0.2) is 4.79 Å². The average Bonchev–Trinajstić information content (AvgIpc) is 3.21. The van der Waals surface area contributed by atoms with Gasteiger partial charge < -0.3 is 4.42 Å². The third kappa shape index (κ3) is 3.24. The highest BCUT2D eigenvalue weighted by atomic mass is 16.4. The van der Waals surface area contributed by atoms with Crippen LogP contribution in [0.3, 0.4) is 0 Å².